The second kappa shape index (κ2) is 6.16. The van der Waals surface area contributed by atoms with Gasteiger partial charge in [0.25, 0.3) is 10.1 Å². The van der Waals surface area contributed by atoms with Crippen LogP contribution in [-0.4, -0.2) is 18.7 Å². The largest absolute Gasteiger partial charge is 1.00 e. The maximum Gasteiger partial charge on any atom is 1.00 e. The molecular weight excluding hydrogens is 219 g/mol. The zero-order valence-corrected chi connectivity index (χ0v) is 11.1. The summed E-state index contributed by atoms with van der Waals surface area (Å²) in [5, 5.41) is 3.92. The van der Waals surface area contributed by atoms with Gasteiger partial charge in [0.2, 0.25) is 0 Å². The molecule has 70 valence electrons. The summed E-state index contributed by atoms with van der Waals surface area (Å²) in [6.45, 7) is 0. The van der Waals surface area contributed by atoms with Gasteiger partial charge in [-0.25, -0.2) is 0 Å². The minimum absolute atomic E-state index is 0. The molecule has 1 aromatic heterocycles. The molecule has 1 heterocycles. The summed E-state index contributed by atoms with van der Waals surface area (Å²) in [4.78, 5) is 0. The fourth-order valence-corrected chi connectivity index (χ4v) is 2.11. The monoisotopic (exact) mass is 230 g/mol. The first-order valence-electron chi connectivity index (χ1n) is 3.54. The first kappa shape index (κ1) is 13.6. The zero-order chi connectivity index (χ0) is 9.03. The van der Waals surface area contributed by atoms with Crippen LogP contribution in [0.25, 0.3) is 0 Å². The third-order valence-corrected chi connectivity index (χ3v) is 2.98. The third-order valence-electron chi connectivity index (χ3n) is 1.45. The van der Waals surface area contributed by atoms with Gasteiger partial charge in [0.1, 0.15) is 0 Å². The molecule has 0 aliphatic heterocycles. The molecule has 3 nitrogen and oxygen atoms in total. The van der Waals surface area contributed by atoms with Crippen LogP contribution in [0.1, 0.15) is 13.4 Å². The Kier molecular flexibility index (Phi) is 6.45. The third kappa shape index (κ3) is 6.65. The fourth-order valence-electron chi connectivity index (χ4n) is 0.894. The summed E-state index contributed by atoms with van der Waals surface area (Å²) in [6.07, 6.45) is 1.19. The van der Waals surface area contributed by atoms with Gasteiger partial charge < -0.3 is 1.43 Å². The molecule has 13 heavy (non-hydrogen) atoms. The van der Waals surface area contributed by atoms with Crippen LogP contribution in [0.3, 0.4) is 0 Å². The van der Waals surface area contributed by atoms with Crippen molar-refractivity contribution in [1.29, 1.82) is 0 Å². The Morgan fingerprint density at radius 1 is 1.54 bits per heavy atom. The maximum absolute atomic E-state index is 10.3. The number of thiophene rings is 1. The van der Waals surface area contributed by atoms with Crippen molar-refractivity contribution >= 4 is 21.5 Å². The molecule has 0 radical (unpaired) electrons. The topological polar surface area (TPSA) is 54.4 Å². The maximum atomic E-state index is 10.3. The molecule has 0 bridgehead atoms. The molecule has 0 unspecified atom stereocenters. The SMILES string of the molecule is O=S(=O)(O)CCCc1ccsc1.[H-].[Na+]. The van der Waals surface area contributed by atoms with E-state index in [4.69, 9.17) is 4.55 Å². The molecule has 1 rings (SSSR count). The molecule has 0 amide bonds. The average Bonchev–Trinajstić information content (AvgIpc) is 2.36. The zero-order valence-electron chi connectivity index (χ0n) is 8.43. The quantitative estimate of drug-likeness (QED) is 0.516. The summed E-state index contributed by atoms with van der Waals surface area (Å²) >= 11 is 1.59. The Balaban J connectivity index is 0. The van der Waals surface area contributed by atoms with Crippen LogP contribution in [-0.2, 0) is 16.5 Å². The van der Waals surface area contributed by atoms with Crippen molar-refractivity contribution in [3.8, 4) is 0 Å². The van der Waals surface area contributed by atoms with Crippen LogP contribution in [0.15, 0.2) is 16.8 Å². The van der Waals surface area contributed by atoms with Crippen molar-refractivity contribution in [2.75, 3.05) is 5.75 Å². The summed E-state index contributed by atoms with van der Waals surface area (Å²) in [5.41, 5.74) is 1.13. The minimum Gasteiger partial charge on any atom is -1.00 e. The van der Waals surface area contributed by atoms with Gasteiger partial charge in [0, 0.05) is 0 Å². The first-order valence-corrected chi connectivity index (χ1v) is 6.09. The first-order chi connectivity index (χ1) is 5.58. The van der Waals surface area contributed by atoms with E-state index in [0.717, 1.165) is 5.56 Å². The van der Waals surface area contributed by atoms with Gasteiger partial charge in [0.15, 0.2) is 0 Å². The molecule has 0 atom stereocenters. The van der Waals surface area contributed by atoms with E-state index in [9.17, 15) is 8.42 Å². The van der Waals surface area contributed by atoms with E-state index in [-0.39, 0.29) is 36.7 Å². The van der Waals surface area contributed by atoms with Gasteiger partial charge in [-0.05, 0) is 35.2 Å². The second-order valence-electron chi connectivity index (χ2n) is 2.52. The summed E-state index contributed by atoms with van der Waals surface area (Å²) in [5.74, 6) is -0.150. The molecule has 0 aromatic carbocycles. The van der Waals surface area contributed by atoms with Crippen LogP contribution in [0, 0.1) is 0 Å². The molecule has 1 aromatic rings. The normalized spacial score (nSPS) is 10.8. The van der Waals surface area contributed by atoms with Gasteiger partial charge >= 0.3 is 29.6 Å². The Morgan fingerprint density at radius 3 is 2.69 bits per heavy atom. The molecule has 0 saturated carbocycles. The molecule has 0 fully saturated rings. The smallest absolute Gasteiger partial charge is 1.00 e. The number of hydrogen-bond acceptors (Lipinski definition) is 3. The number of hydrogen-bond donors (Lipinski definition) is 1. The van der Waals surface area contributed by atoms with Crippen LogP contribution in [0.4, 0.5) is 0 Å². The average molecular weight is 230 g/mol. The van der Waals surface area contributed by atoms with Crippen molar-refractivity contribution in [2.45, 2.75) is 12.8 Å². The van der Waals surface area contributed by atoms with Gasteiger partial charge in [-0.3, -0.25) is 4.55 Å². The van der Waals surface area contributed by atoms with Gasteiger partial charge in [0.05, 0.1) is 5.75 Å². The van der Waals surface area contributed by atoms with Crippen molar-refractivity contribution in [2.24, 2.45) is 0 Å². The van der Waals surface area contributed by atoms with Crippen molar-refractivity contribution in [1.82, 2.24) is 0 Å². The van der Waals surface area contributed by atoms with E-state index < -0.39 is 10.1 Å². The van der Waals surface area contributed by atoms with Gasteiger partial charge in [-0.2, -0.15) is 19.8 Å². The molecule has 0 aliphatic carbocycles. The van der Waals surface area contributed by atoms with E-state index in [1.165, 1.54) is 0 Å². The molecule has 0 aliphatic rings. The van der Waals surface area contributed by atoms with Crippen molar-refractivity contribution in [3.63, 3.8) is 0 Å². The van der Waals surface area contributed by atoms with Crippen LogP contribution >= 0.6 is 11.3 Å². The Labute approximate surface area is 106 Å². The fraction of sp³-hybridized carbons (Fsp3) is 0.429. The summed E-state index contributed by atoms with van der Waals surface area (Å²) < 4.78 is 29.1. The molecule has 0 spiro atoms. The Morgan fingerprint density at radius 2 is 2.23 bits per heavy atom. The number of rotatable bonds is 4. The van der Waals surface area contributed by atoms with Crippen LogP contribution < -0.4 is 29.6 Å². The van der Waals surface area contributed by atoms with E-state index in [1.54, 1.807) is 11.3 Å². The Bertz CT molecular complexity index is 323. The summed E-state index contributed by atoms with van der Waals surface area (Å²) in [6, 6.07) is 1.95. The Hall–Kier alpha value is 0.610. The van der Waals surface area contributed by atoms with Gasteiger partial charge in [-0.1, -0.05) is 0 Å². The second-order valence-corrected chi connectivity index (χ2v) is 4.87. The molecule has 0 saturated heterocycles. The predicted octanol–water partition coefficient (Wildman–Crippen LogP) is -1.31. The molecule has 1 N–H and O–H groups in total. The van der Waals surface area contributed by atoms with Crippen molar-refractivity contribution < 1.29 is 44.0 Å². The standard InChI is InChI=1S/C7H10O3S2.Na.H/c8-12(9,10)5-1-2-7-3-4-11-6-7;;/h3-4,6H,1-2,5H2,(H,8,9,10);;/q;+1;-1. The summed E-state index contributed by atoms with van der Waals surface area (Å²) in [7, 11) is -3.77. The van der Waals surface area contributed by atoms with Crippen LogP contribution in [0.5, 0.6) is 0 Å². The van der Waals surface area contributed by atoms with E-state index in [0.29, 0.717) is 12.8 Å². The van der Waals surface area contributed by atoms with Crippen molar-refractivity contribution in [3.05, 3.63) is 22.4 Å². The van der Waals surface area contributed by atoms with E-state index in [1.807, 2.05) is 16.8 Å². The minimum atomic E-state index is -3.77. The molecule has 6 heteroatoms. The van der Waals surface area contributed by atoms with Crippen LogP contribution in [0.2, 0.25) is 0 Å². The predicted molar refractivity (Wildman–Crippen MR) is 50.2 cm³/mol. The number of aryl methyl sites for hydroxylation is 1. The van der Waals surface area contributed by atoms with E-state index >= 15 is 0 Å². The molecular formula is C7H11NaO3S2. The van der Waals surface area contributed by atoms with Gasteiger partial charge in [-0.15, -0.1) is 0 Å². The van der Waals surface area contributed by atoms with E-state index in [2.05, 4.69) is 0 Å².